The number of hydrogen-bond acceptors (Lipinski definition) is 4. The van der Waals surface area contributed by atoms with Gasteiger partial charge in [-0.05, 0) is 62.3 Å². The summed E-state index contributed by atoms with van der Waals surface area (Å²) in [6.07, 6.45) is 1.00. The highest BCUT2D eigenvalue weighted by atomic mass is 19.1. The van der Waals surface area contributed by atoms with Crippen molar-refractivity contribution in [1.82, 2.24) is 10.2 Å². The van der Waals surface area contributed by atoms with Crippen LogP contribution in [-0.4, -0.2) is 50.9 Å². The normalized spacial score (nSPS) is 13.9. The Hall–Kier alpha value is -2.93. The highest BCUT2D eigenvalue weighted by Gasteiger charge is 2.22. The maximum absolute atomic E-state index is 13.6. The first-order valence-corrected chi connectivity index (χ1v) is 9.62. The number of anilines is 2. The summed E-state index contributed by atoms with van der Waals surface area (Å²) in [6.45, 7) is 2.92. The minimum absolute atomic E-state index is 0.0697. The standard InChI is InChI=1S/C22H27FN4O2/c1-14-5-7-17(12-18(14)23)25-22(29)21(28)24-13-20(26(2)3)15-6-8-19-16(11-15)9-10-27(19)4/h5-8,11-12,20H,9-10,13H2,1-4H3,(H,24,28)(H,25,29)/t20-/m0/s1. The Balaban J connectivity index is 1.63. The molecule has 1 aliphatic rings. The van der Waals surface area contributed by atoms with Gasteiger partial charge >= 0.3 is 11.8 Å². The van der Waals surface area contributed by atoms with Crippen LogP contribution in [-0.2, 0) is 16.0 Å². The molecule has 3 rings (SSSR count). The lowest BCUT2D eigenvalue weighted by Crippen LogP contribution is -2.40. The van der Waals surface area contributed by atoms with E-state index in [2.05, 4.69) is 40.8 Å². The average Bonchev–Trinajstić information content (AvgIpc) is 3.05. The number of carbonyl (C=O) groups is 2. The molecule has 0 saturated carbocycles. The SMILES string of the molecule is Cc1ccc(NC(=O)C(=O)NC[C@@H](c2ccc3c(c2)CCN3C)N(C)C)cc1F. The van der Waals surface area contributed by atoms with Crippen molar-refractivity contribution in [1.29, 1.82) is 0 Å². The number of fused-ring (bicyclic) bond motifs is 1. The van der Waals surface area contributed by atoms with Gasteiger partial charge < -0.3 is 20.4 Å². The van der Waals surface area contributed by atoms with Gasteiger partial charge in [-0.2, -0.15) is 0 Å². The number of likely N-dealkylation sites (N-methyl/N-ethyl adjacent to an activating group) is 2. The van der Waals surface area contributed by atoms with Gasteiger partial charge in [-0.3, -0.25) is 9.59 Å². The minimum atomic E-state index is -0.818. The van der Waals surface area contributed by atoms with Crippen LogP contribution in [0.15, 0.2) is 36.4 Å². The summed E-state index contributed by atoms with van der Waals surface area (Å²) in [5.74, 6) is -2.00. The van der Waals surface area contributed by atoms with Gasteiger partial charge in [0, 0.05) is 31.5 Å². The molecule has 1 aliphatic heterocycles. The molecule has 0 radical (unpaired) electrons. The second-order valence-electron chi connectivity index (χ2n) is 7.67. The van der Waals surface area contributed by atoms with Crippen molar-refractivity contribution < 1.29 is 14.0 Å². The summed E-state index contributed by atoms with van der Waals surface area (Å²) < 4.78 is 13.6. The molecule has 7 heteroatoms. The van der Waals surface area contributed by atoms with Crippen LogP contribution in [0, 0.1) is 12.7 Å². The fraction of sp³-hybridized carbons (Fsp3) is 0.364. The van der Waals surface area contributed by atoms with Crippen molar-refractivity contribution in [3.05, 3.63) is 58.9 Å². The van der Waals surface area contributed by atoms with Crippen molar-refractivity contribution in [2.75, 3.05) is 44.4 Å². The molecule has 1 atom stereocenters. The quantitative estimate of drug-likeness (QED) is 0.760. The Labute approximate surface area is 170 Å². The van der Waals surface area contributed by atoms with Crippen LogP contribution in [0.4, 0.5) is 15.8 Å². The number of nitrogens with zero attached hydrogens (tertiary/aromatic N) is 2. The van der Waals surface area contributed by atoms with Gasteiger partial charge in [0.1, 0.15) is 5.82 Å². The van der Waals surface area contributed by atoms with E-state index in [4.69, 9.17) is 0 Å². The van der Waals surface area contributed by atoms with Crippen LogP contribution >= 0.6 is 0 Å². The third-order valence-electron chi connectivity index (χ3n) is 5.33. The third kappa shape index (κ3) is 4.74. The molecule has 0 saturated heterocycles. The number of aryl methyl sites for hydroxylation is 1. The van der Waals surface area contributed by atoms with E-state index in [1.807, 2.05) is 19.0 Å². The fourth-order valence-corrected chi connectivity index (χ4v) is 3.52. The summed E-state index contributed by atoms with van der Waals surface area (Å²) in [5.41, 5.74) is 4.34. The first-order valence-electron chi connectivity index (χ1n) is 9.62. The van der Waals surface area contributed by atoms with E-state index in [-0.39, 0.29) is 18.3 Å². The lowest BCUT2D eigenvalue weighted by atomic mass is 10.0. The van der Waals surface area contributed by atoms with Gasteiger partial charge in [0.15, 0.2) is 0 Å². The molecule has 2 aromatic carbocycles. The molecule has 0 aliphatic carbocycles. The van der Waals surface area contributed by atoms with E-state index >= 15 is 0 Å². The fourth-order valence-electron chi connectivity index (χ4n) is 3.52. The molecule has 0 bridgehead atoms. The van der Waals surface area contributed by atoms with Crippen molar-refractivity contribution in [2.24, 2.45) is 0 Å². The van der Waals surface area contributed by atoms with Crippen LogP contribution < -0.4 is 15.5 Å². The smallest absolute Gasteiger partial charge is 0.313 e. The van der Waals surface area contributed by atoms with Crippen LogP contribution in [0.25, 0.3) is 0 Å². The van der Waals surface area contributed by atoms with Gasteiger partial charge in [0.25, 0.3) is 0 Å². The van der Waals surface area contributed by atoms with Crippen LogP contribution in [0.5, 0.6) is 0 Å². The lowest BCUT2D eigenvalue weighted by molar-refractivity contribution is -0.136. The number of amides is 2. The van der Waals surface area contributed by atoms with Crippen LogP contribution in [0.2, 0.25) is 0 Å². The molecule has 0 unspecified atom stereocenters. The predicted molar refractivity (Wildman–Crippen MR) is 113 cm³/mol. The number of hydrogen-bond donors (Lipinski definition) is 2. The van der Waals surface area contributed by atoms with Gasteiger partial charge in [-0.25, -0.2) is 4.39 Å². The van der Waals surface area contributed by atoms with Gasteiger partial charge in [-0.1, -0.05) is 18.2 Å². The number of carbonyl (C=O) groups excluding carboxylic acids is 2. The maximum atomic E-state index is 13.6. The molecule has 2 amide bonds. The van der Waals surface area contributed by atoms with Gasteiger partial charge in [0.05, 0.1) is 6.04 Å². The van der Waals surface area contributed by atoms with Gasteiger partial charge in [0.2, 0.25) is 0 Å². The molecule has 154 valence electrons. The molecule has 2 aromatic rings. The molecule has 29 heavy (non-hydrogen) atoms. The zero-order chi connectivity index (χ0) is 21.1. The highest BCUT2D eigenvalue weighted by Crippen LogP contribution is 2.30. The molecule has 2 N–H and O–H groups in total. The largest absolute Gasteiger partial charge is 0.374 e. The summed E-state index contributed by atoms with van der Waals surface area (Å²) in [4.78, 5) is 28.6. The van der Waals surface area contributed by atoms with Crippen LogP contribution in [0.3, 0.4) is 0 Å². The Morgan fingerprint density at radius 1 is 1.17 bits per heavy atom. The lowest BCUT2D eigenvalue weighted by Gasteiger charge is -2.26. The zero-order valence-corrected chi connectivity index (χ0v) is 17.3. The Bertz CT molecular complexity index is 929. The number of benzene rings is 2. The highest BCUT2D eigenvalue weighted by molar-refractivity contribution is 6.39. The summed E-state index contributed by atoms with van der Waals surface area (Å²) in [6, 6.07) is 10.6. The van der Waals surface area contributed by atoms with E-state index in [1.54, 1.807) is 19.1 Å². The Morgan fingerprint density at radius 3 is 2.62 bits per heavy atom. The zero-order valence-electron chi connectivity index (χ0n) is 17.3. The number of halogens is 1. The van der Waals surface area contributed by atoms with Gasteiger partial charge in [-0.15, -0.1) is 0 Å². The van der Waals surface area contributed by atoms with E-state index in [9.17, 15) is 14.0 Å². The predicted octanol–water partition coefficient (Wildman–Crippen LogP) is 2.48. The molecule has 0 aromatic heterocycles. The monoisotopic (exact) mass is 398 g/mol. The summed E-state index contributed by atoms with van der Waals surface area (Å²) in [7, 11) is 5.95. The molecular formula is C22H27FN4O2. The first kappa shape index (κ1) is 20.8. The van der Waals surface area contributed by atoms with Crippen molar-refractivity contribution >= 4 is 23.2 Å². The summed E-state index contributed by atoms with van der Waals surface area (Å²) in [5, 5.41) is 5.12. The Morgan fingerprint density at radius 2 is 1.93 bits per heavy atom. The molecular weight excluding hydrogens is 371 g/mol. The minimum Gasteiger partial charge on any atom is -0.374 e. The molecule has 1 heterocycles. The molecule has 0 spiro atoms. The van der Waals surface area contributed by atoms with E-state index in [0.717, 1.165) is 18.5 Å². The van der Waals surface area contributed by atoms with E-state index in [1.165, 1.54) is 17.3 Å². The average molecular weight is 398 g/mol. The third-order valence-corrected chi connectivity index (χ3v) is 5.33. The maximum Gasteiger partial charge on any atom is 0.313 e. The van der Waals surface area contributed by atoms with Crippen molar-refractivity contribution in [3.63, 3.8) is 0 Å². The first-order chi connectivity index (χ1) is 13.8. The van der Waals surface area contributed by atoms with E-state index < -0.39 is 17.6 Å². The number of rotatable bonds is 5. The second kappa shape index (κ2) is 8.61. The number of nitrogens with one attached hydrogen (secondary N) is 2. The van der Waals surface area contributed by atoms with E-state index in [0.29, 0.717) is 5.56 Å². The Kier molecular flexibility index (Phi) is 6.17. The van der Waals surface area contributed by atoms with Crippen molar-refractivity contribution in [2.45, 2.75) is 19.4 Å². The second-order valence-corrected chi connectivity index (χ2v) is 7.67. The molecule has 0 fully saturated rings. The van der Waals surface area contributed by atoms with Crippen molar-refractivity contribution in [3.8, 4) is 0 Å². The summed E-state index contributed by atoms with van der Waals surface area (Å²) >= 11 is 0. The molecule has 6 nitrogen and oxygen atoms in total. The van der Waals surface area contributed by atoms with Crippen LogP contribution in [0.1, 0.15) is 22.7 Å². The topological polar surface area (TPSA) is 64.7 Å².